The lowest BCUT2D eigenvalue weighted by Gasteiger charge is -2.32. The van der Waals surface area contributed by atoms with Crippen LogP contribution in [-0.4, -0.2) is 67.6 Å². The van der Waals surface area contributed by atoms with Gasteiger partial charge in [-0.3, -0.25) is 14.5 Å². The van der Waals surface area contributed by atoms with Gasteiger partial charge >= 0.3 is 6.03 Å². The van der Waals surface area contributed by atoms with Gasteiger partial charge in [-0.1, -0.05) is 65.8 Å². The van der Waals surface area contributed by atoms with Crippen LogP contribution in [0.25, 0.3) is 5.65 Å². The molecule has 12 nitrogen and oxygen atoms in total. The maximum atomic E-state index is 13.4. The zero-order valence-electron chi connectivity index (χ0n) is 28.1. The summed E-state index contributed by atoms with van der Waals surface area (Å²) in [5.74, 6) is 1.56. The Bertz CT molecular complexity index is 1770. The third-order valence-electron chi connectivity index (χ3n) is 8.67. The summed E-state index contributed by atoms with van der Waals surface area (Å²) in [6.07, 6.45) is 4.35. The highest BCUT2D eigenvalue weighted by molar-refractivity contribution is 5.92. The number of fused-ring (bicyclic) bond motifs is 2. The topological polar surface area (TPSA) is 139 Å². The maximum absolute atomic E-state index is 13.4. The Morgan fingerprint density at radius 2 is 1.70 bits per heavy atom. The van der Waals surface area contributed by atoms with E-state index in [1.54, 1.807) is 6.07 Å². The number of nitrogens with one attached hydrogen (secondary N) is 3. The molecular formula is C35H45N9O3. The highest BCUT2D eigenvalue weighted by Crippen LogP contribution is 2.39. The fourth-order valence-electron chi connectivity index (χ4n) is 5.96. The summed E-state index contributed by atoms with van der Waals surface area (Å²) in [6, 6.07) is 13.0. The normalized spacial score (nSPS) is 18.3. The van der Waals surface area contributed by atoms with Crippen molar-refractivity contribution in [3.8, 4) is 5.75 Å². The lowest BCUT2D eigenvalue weighted by atomic mass is 9.85. The van der Waals surface area contributed by atoms with Crippen LogP contribution in [0.3, 0.4) is 0 Å². The summed E-state index contributed by atoms with van der Waals surface area (Å²) >= 11 is 0. The minimum Gasteiger partial charge on any atom is -0.484 e. The van der Waals surface area contributed by atoms with Gasteiger partial charge in [-0.05, 0) is 55.6 Å². The van der Waals surface area contributed by atoms with Crippen molar-refractivity contribution in [3.05, 3.63) is 77.1 Å². The van der Waals surface area contributed by atoms with E-state index in [1.807, 2.05) is 61.7 Å². The van der Waals surface area contributed by atoms with Gasteiger partial charge in [0.15, 0.2) is 5.65 Å². The molecule has 3 amide bonds. The standard InChI is InChI=1S/C35H45N9O3/c1-34(2,3)27-20-28(39-30(38-27)31(45)36-16-19-43-17-9-18-43)40-33(46)37-25-13-14-26(24-11-8-7-10-23(24)25)47-22-12-15-29-41-42-32(35(4,5)6)44(29)21-22/h7-8,10-12,15,20-21,25-26H,9,13-14,16-19H2,1-6H3,(H,36,45)(H2,37,38,39,40,46)/t25-,26+/m0/s1. The summed E-state index contributed by atoms with van der Waals surface area (Å²) < 4.78 is 8.53. The molecule has 12 heteroatoms. The number of benzene rings is 1. The van der Waals surface area contributed by atoms with Crippen molar-refractivity contribution in [2.75, 3.05) is 31.5 Å². The van der Waals surface area contributed by atoms with Gasteiger partial charge in [0.2, 0.25) is 5.82 Å². The number of aromatic nitrogens is 5. The molecule has 6 rings (SSSR count). The SMILES string of the molecule is CC(C)(C)c1cc(NC(=O)N[C@H]2CC[C@@H](Oc3ccc4nnc(C(C)(C)C)n4c3)c3ccccc32)nc(C(=O)NCCN2CCC2)n1. The van der Waals surface area contributed by atoms with Crippen LogP contribution >= 0.6 is 0 Å². The third-order valence-corrected chi connectivity index (χ3v) is 8.67. The first-order chi connectivity index (χ1) is 22.3. The Morgan fingerprint density at radius 3 is 2.40 bits per heavy atom. The average molecular weight is 640 g/mol. The highest BCUT2D eigenvalue weighted by atomic mass is 16.5. The largest absolute Gasteiger partial charge is 0.484 e. The van der Waals surface area contributed by atoms with Crippen LogP contribution in [0.4, 0.5) is 10.6 Å². The van der Waals surface area contributed by atoms with Gasteiger partial charge in [0.25, 0.3) is 5.91 Å². The minimum atomic E-state index is -0.403. The average Bonchev–Trinajstić information content (AvgIpc) is 3.43. The summed E-state index contributed by atoms with van der Waals surface area (Å²) in [5.41, 5.74) is 2.94. The van der Waals surface area contributed by atoms with E-state index in [0.717, 1.165) is 48.0 Å². The fraction of sp³-hybridized carbons (Fsp3) is 0.486. The van der Waals surface area contributed by atoms with Crippen molar-refractivity contribution in [2.24, 2.45) is 0 Å². The molecule has 4 aromatic rings. The van der Waals surface area contributed by atoms with Crippen LogP contribution in [0.5, 0.6) is 5.75 Å². The van der Waals surface area contributed by atoms with Crippen LogP contribution in [0.15, 0.2) is 48.7 Å². The fourth-order valence-corrected chi connectivity index (χ4v) is 5.96. The predicted molar refractivity (Wildman–Crippen MR) is 180 cm³/mol. The van der Waals surface area contributed by atoms with E-state index in [0.29, 0.717) is 25.1 Å². The Morgan fingerprint density at radius 1 is 0.936 bits per heavy atom. The van der Waals surface area contributed by atoms with Crippen molar-refractivity contribution in [1.82, 2.24) is 40.1 Å². The number of likely N-dealkylation sites (tertiary alicyclic amines) is 1. The second kappa shape index (κ2) is 12.9. The van der Waals surface area contributed by atoms with Crippen molar-refractivity contribution in [1.29, 1.82) is 0 Å². The molecule has 248 valence electrons. The first-order valence-corrected chi connectivity index (χ1v) is 16.4. The molecule has 1 aliphatic carbocycles. The van der Waals surface area contributed by atoms with Crippen molar-refractivity contribution >= 4 is 23.4 Å². The Kier molecular flexibility index (Phi) is 8.88. The molecule has 0 unspecified atom stereocenters. The number of pyridine rings is 1. The Labute approximate surface area is 275 Å². The number of hydrogen-bond donors (Lipinski definition) is 3. The second-order valence-electron chi connectivity index (χ2n) is 14.5. The Hall–Kier alpha value is -4.58. The molecule has 4 heterocycles. The molecule has 47 heavy (non-hydrogen) atoms. The second-order valence-corrected chi connectivity index (χ2v) is 14.5. The third kappa shape index (κ3) is 7.38. The molecule has 1 aromatic carbocycles. The Balaban J connectivity index is 1.15. The molecule has 0 saturated carbocycles. The zero-order valence-corrected chi connectivity index (χ0v) is 28.1. The van der Waals surface area contributed by atoms with Crippen LogP contribution in [0, 0.1) is 0 Å². The van der Waals surface area contributed by atoms with Crippen molar-refractivity contribution < 1.29 is 14.3 Å². The van der Waals surface area contributed by atoms with Crippen molar-refractivity contribution in [2.45, 2.75) is 83.8 Å². The molecule has 3 N–H and O–H groups in total. The van der Waals surface area contributed by atoms with E-state index < -0.39 is 6.03 Å². The molecule has 0 radical (unpaired) electrons. The van der Waals surface area contributed by atoms with E-state index in [2.05, 4.69) is 67.9 Å². The summed E-state index contributed by atoms with van der Waals surface area (Å²) in [5, 5.41) is 17.6. The lowest BCUT2D eigenvalue weighted by Crippen LogP contribution is -2.42. The number of carbonyl (C=O) groups excluding carboxylic acids is 2. The van der Waals surface area contributed by atoms with Crippen LogP contribution in [0.1, 0.15) is 106 Å². The number of rotatable bonds is 8. The first kappa shape index (κ1) is 32.4. The highest BCUT2D eigenvalue weighted by Gasteiger charge is 2.30. The van der Waals surface area contributed by atoms with Gasteiger partial charge in [0, 0.05) is 30.0 Å². The monoisotopic (exact) mass is 639 g/mol. The molecular weight excluding hydrogens is 594 g/mol. The molecule has 1 fully saturated rings. The molecule has 1 saturated heterocycles. The van der Waals surface area contributed by atoms with E-state index in [-0.39, 0.29) is 40.5 Å². The number of urea groups is 1. The van der Waals surface area contributed by atoms with Crippen LogP contribution < -0.4 is 20.7 Å². The number of amides is 3. The summed E-state index contributed by atoms with van der Waals surface area (Å²) in [6.45, 7) is 15.8. The van der Waals surface area contributed by atoms with E-state index in [1.165, 1.54) is 6.42 Å². The van der Waals surface area contributed by atoms with Gasteiger partial charge in [-0.15, -0.1) is 10.2 Å². The number of nitrogens with zero attached hydrogens (tertiary/aromatic N) is 6. The zero-order chi connectivity index (χ0) is 33.3. The van der Waals surface area contributed by atoms with Crippen molar-refractivity contribution in [3.63, 3.8) is 0 Å². The van der Waals surface area contributed by atoms with Gasteiger partial charge < -0.3 is 20.3 Å². The van der Waals surface area contributed by atoms with Gasteiger partial charge in [0.1, 0.15) is 23.5 Å². The van der Waals surface area contributed by atoms with E-state index >= 15 is 0 Å². The molecule has 2 aliphatic rings. The number of carbonyl (C=O) groups is 2. The smallest absolute Gasteiger partial charge is 0.320 e. The van der Waals surface area contributed by atoms with E-state index in [9.17, 15) is 9.59 Å². The maximum Gasteiger partial charge on any atom is 0.320 e. The summed E-state index contributed by atoms with van der Waals surface area (Å²) in [4.78, 5) is 37.6. The molecule has 1 aliphatic heterocycles. The molecule has 2 atom stereocenters. The molecule has 0 spiro atoms. The van der Waals surface area contributed by atoms with Gasteiger partial charge in [0.05, 0.1) is 17.9 Å². The van der Waals surface area contributed by atoms with Crippen LogP contribution in [0.2, 0.25) is 0 Å². The predicted octanol–water partition coefficient (Wildman–Crippen LogP) is 5.33. The molecule has 3 aromatic heterocycles. The molecule has 0 bridgehead atoms. The lowest BCUT2D eigenvalue weighted by molar-refractivity contribution is 0.0930. The van der Waals surface area contributed by atoms with Gasteiger partial charge in [-0.25, -0.2) is 14.8 Å². The minimum absolute atomic E-state index is 0.0404. The summed E-state index contributed by atoms with van der Waals surface area (Å²) in [7, 11) is 0. The van der Waals surface area contributed by atoms with E-state index in [4.69, 9.17) is 4.74 Å². The van der Waals surface area contributed by atoms with Crippen LogP contribution in [-0.2, 0) is 10.8 Å². The van der Waals surface area contributed by atoms with Gasteiger partial charge in [-0.2, -0.15) is 0 Å². The number of ether oxygens (including phenoxy) is 1. The quantitative estimate of drug-likeness (QED) is 0.235. The first-order valence-electron chi connectivity index (χ1n) is 16.4. The number of hydrogen-bond acceptors (Lipinski definition) is 8. The number of anilines is 1.